The van der Waals surface area contributed by atoms with E-state index in [1.807, 2.05) is 0 Å². The van der Waals surface area contributed by atoms with E-state index in [2.05, 4.69) is 5.32 Å². The van der Waals surface area contributed by atoms with E-state index in [9.17, 15) is 22.8 Å². The van der Waals surface area contributed by atoms with E-state index in [1.165, 1.54) is 0 Å². The average Bonchev–Trinajstić information content (AvgIpc) is 2.14. The van der Waals surface area contributed by atoms with E-state index < -0.39 is 12.1 Å². The molecule has 0 aliphatic carbocycles. The lowest BCUT2D eigenvalue weighted by Gasteiger charge is -2.09. The summed E-state index contributed by atoms with van der Waals surface area (Å²) < 4.78 is 35.1. The third kappa shape index (κ3) is 6.26. The molecule has 0 unspecified atom stereocenters. The Hall–Kier alpha value is -1.27. The van der Waals surface area contributed by atoms with E-state index >= 15 is 0 Å². The number of carbonyl (C=O) groups excluding carboxylic acids is 2. The first kappa shape index (κ1) is 14.7. The maximum atomic E-state index is 11.7. The lowest BCUT2D eigenvalue weighted by Crippen LogP contribution is -2.38. The highest BCUT2D eigenvalue weighted by Crippen LogP contribution is 2.13. The van der Waals surface area contributed by atoms with Crippen LogP contribution in [0.2, 0.25) is 0 Å². The fourth-order valence-corrected chi connectivity index (χ4v) is 0.806. The smallest absolute Gasteiger partial charge is 0.356 e. The first-order valence-electron chi connectivity index (χ1n) is 4.88. The number of hydrogen-bond acceptors (Lipinski definition) is 2. The van der Waals surface area contributed by atoms with E-state index in [-0.39, 0.29) is 31.3 Å². The minimum Gasteiger partial charge on any atom is -0.356 e. The van der Waals surface area contributed by atoms with Crippen molar-refractivity contribution in [1.29, 1.82) is 0 Å². The fourth-order valence-electron chi connectivity index (χ4n) is 0.806. The Morgan fingerprint density at radius 1 is 1.12 bits per heavy atom. The molecular formula is C9H15F3N2O2. The number of amides is 2. The lowest BCUT2D eigenvalue weighted by molar-refractivity contribution is -0.173. The highest BCUT2D eigenvalue weighted by Gasteiger charge is 2.38. The van der Waals surface area contributed by atoms with Gasteiger partial charge in [0.25, 0.3) is 0 Å². The molecule has 0 heterocycles. The number of hydrogen-bond donors (Lipinski definition) is 2. The summed E-state index contributed by atoms with van der Waals surface area (Å²) in [5.41, 5.74) is 0. The molecule has 7 heteroatoms. The molecular weight excluding hydrogens is 225 g/mol. The van der Waals surface area contributed by atoms with Gasteiger partial charge >= 0.3 is 12.1 Å². The Kier molecular flexibility index (Phi) is 5.84. The van der Waals surface area contributed by atoms with E-state index in [0.717, 1.165) is 0 Å². The number of rotatable bonds is 5. The Labute approximate surface area is 91.6 Å². The summed E-state index contributed by atoms with van der Waals surface area (Å²) in [4.78, 5) is 21.4. The summed E-state index contributed by atoms with van der Waals surface area (Å²) >= 11 is 0. The molecule has 0 atom stereocenters. The largest absolute Gasteiger partial charge is 0.471 e. The molecule has 0 aromatic rings. The number of nitrogens with one attached hydrogen (secondary N) is 2. The maximum absolute atomic E-state index is 11.7. The van der Waals surface area contributed by atoms with Gasteiger partial charge in [-0.2, -0.15) is 13.2 Å². The van der Waals surface area contributed by atoms with E-state index in [0.29, 0.717) is 0 Å². The molecule has 0 aromatic carbocycles. The molecule has 2 N–H and O–H groups in total. The van der Waals surface area contributed by atoms with Crippen LogP contribution in [0.15, 0.2) is 0 Å². The van der Waals surface area contributed by atoms with Crippen LogP contribution in [0.3, 0.4) is 0 Å². The quantitative estimate of drug-likeness (QED) is 0.699. The van der Waals surface area contributed by atoms with Crippen LogP contribution < -0.4 is 10.6 Å². The Morgan fingerprint density at radius 3 is 2.06 bits per heavy atom. The molecule has 0 radical (unpaired) electrons. The van der Waals surface area contributed by atoms with Crippen molar-refractivity contribution in [2.75, 3.05) is 13.1 Å². The summed E-state index contributed by atoms with van der Waals surface area (Å²) in [7, 11) is 0. The van der Waals surface area contributed by atoms with Crippen molar-refractivity contribution in [1.82, 2.24) is 10.6 Å². The van der Waals surface area contributed by atoms with Crippen LogP contribution in [0.5, 0.6) is 0 Å². The Bertz CT molecular complexity index is 252. The van der Waals surface area contributed by atoms with Gasteiger partial charge in [0.05, 0.1) is 0 Å². The molecule has 0 aliphatic rings. The van der Waals surface area contributed by atoms with Crippen molar-refractivity contribution in [2.24, 2.45) is 5.92 Å². The number of halogens is 3. The van der Waals surface area contributed by atoms with Crippen LogP contribution in [-0.2, 0) is 9.59 Å². The molecule has 16 heavy (non-hydrogen) atoms. The molecule has 0 rings (SSSR count). The zero-order chi connectivity index (χ0) is 12.8. The standard InChI is InChI=1S/C9H15F3N2O2/c1-6(2)7(15)13-4-3-5-14-8(16)9(10,11)12/h6H,3-5H2,1-2H3,(H,13,15)(H,14,16). The molecule has 0 saturated heterocycles. The normalized spacial score (nSPS) is 11.4. The third-order valence-corrected chi connectivity index (χ3v) is 1.72. The molecule has 94 valence electrons. The van der Waals surface area contributed by atoms with Gasteiger partial charge in [0, 0.05) is 19.0 Å². The van der Waals surface area contributed by atoms with Crippen molar-refractivity contribution < 1.29 is 22.8 Å². The molecule has 0 saturated carbocycles. The molecule has 0 spiro atoms. The van der Waals surface area contributed by atoms with Crippen LogP contribution >= 0.6 is 0 Å². The minimum absolute atomic E-state index is 0.114. The summed E-state index contributed by atoms with van der Waals surface area (Å²) in [5.74, 6) is -2.28. The van der Waals surface area contributed by atoms with Crippen LogP contribution in [0.4, 0.5) is 13.2 Å². The first-order valence-corrected chi connectivity index (χ1v) is 4.88. The van der Waals surface area contributed by atoms with Gasteiger partial charge in [-0.15, -0.1) is 0 Å². The van der Waals surface area contributed by atoms with Gasteiger partial charge in [-0.25, -0.2) is 0 Å². The van der Waals surface area contributed by atoms with Crippen LogP contribution in [0.25, 0.3) is 0 Å². The Morgan fingerprint density at radius 2 is 1.62 bits per heavy atom. The van der Waals surface area contributed by atoms with Crippen molar-refractivity contribution in [3.63, 3.8) is 0 Å². The third-order valence-electron chi connectivity index (χ3n) is 1.72. The van der Waals surface area contributed by atoms with Crippen molar-refractivity contribution in [3.05, 3.63) is 0 Å². The van der Waals surface area contributed by atoms with Crippen LogP contribution in [0, 0.1) is 5.92 Å². The molecule has 4 nitrogen and oxygen atoms in total. The van der Waals surface area contributed by atoms with E-state index in [4.69, 9.17) is 0 Å². The zero-order valence-corrected chi connectivity index (χ0v) is 9.15. The number of alkyl halides is 3. The van der Waals surface area contributed by atoms with Gasteiger partial charge in [-0.05, 0) is 6.42 Å². The molecule has 0 aliphatic heterocycles. The highest BCUT2D eigenvalue weighted by atomic mass is 19.4. The van der Waals surface area contributed by atoms with E-state index in [1.54, 1.807) is 19.2 Å². The lowest BCUT2D eigenvalue weighted by atomic mass is 10.2. The summed E-state index contributed by atoms with van der Waals surface area (Å²) in [6.45, 7) is 3.55. The van der Waals surface area contributed by atoms with Gasteiger partial charge in [-0.3, -0.25) is 9.59 Å². The SMILES string of the molecule is CC(C)C(=O)NCCCNC(=O)C(F)(F)F. The number of carbonyl (C=O) groups is 2. The topological polar surface area (TPSA) is 58.2 Å². The zero-order valence-electron chi connectivity index (χ0n) is 9.15. The monoisotopic (exact) mass is 240 g/mol. The first-order chi connectivity index (χ1) is 7.25. The Balaban J connectivity index is 3.56. The molecule has 0 bridgehead atoms. The second-order valence-electron chi connectivity index (χ2n) is 3.55. The molecule has 2 amide bonds. The van der Waals surface area contributed by atoms with Crippen LogP contribution in [0.1, 0.15) is 20.3 Å². The summed E-state index contributed by atoms with van der Waals surface area (Å²) in [6.07, 6.45) is -4.58. The second-order valence-corrected chi connectivity index (χ2v) is 3.55. The van der Waals surface area contributed by atoms with Gasteiger partial charge in [0.15, 0.2) is 0 Å². The second kappa shape index (κ2) is 6.34. The van der Waals surface area contributed by atoms with Crippen molar-refractivity contribution in [2.45, 2.75) is 26.4 Å². The minimum atomic E-state index is -4.85. The van der Waals surface area contributed by atoms with Gasteiger partial charge in [0.1, 0.15) is 0 Å². The average molecular weight is 240 g/mol. The van der Waals surface area contributed by atoms with Gasteiger partial charge in [-0.1, -0.05) is 13.8 Å². The van der Waals surface area contributed by atoms with Crippen LogP contribution in [-0.4, -0.2) is 31.1 Å². The summed E-state index contributed by atoms with van der Waals surface area (Å²) in [6, 6.07) is 0. The molecule has 0 aromatic heterocycles. The predicted octanol–water partition coefficient (Wildman–Crippen LogP) is 0.827. The fraction of sp³-hybridized carbons (Fsp3) is 0.778. The summed E-state index contributed by atoms with van der Waals surface area (Å²) in [5, 5.41) is 4.23. The maximum Gasteiger partial charge on any atom is 0.471 e. The van der Waals surface area contributed by atoms with Gasteiger partial charge in [0.2, 0.25) is 5.91 Å². The van der Waals surface area contributed by atoms with Gasteiger partial charge < -0.3 is 10.6 Å². The van der Waals surface area contributed by atoms with Crippen molar-refractivity contribution >= 4 is 11.8 Å². The predicted molar refractivity (Wildman–Crippen MR) is 51.5 cm³/mol. The van der Waals surface area contributed by atoms with Crippen molar-refractivity contribution in [3.8, 4) is 0 Å². The molecule has 0 fully saturated rings. The highest BCUT2D eigenvalue weighted by molar-refractivity contribution is 5.81.